The van der Waals surface area contributed by atoms with Gasteiger partial charge in [0, 0.05) is 0 Å². The van der Waals surface area contributed by atoms with Crippen molar-refractivity contribution in [2.24, 2.45) is 0 Å². The molecule has 0 saturated heterocycles. The highest BCUT2D eigenvalue weighted by molar-refractivity contribution is 6.61. The Balaban J connectivity index is 5.22. The molecule has 0 fully saturated rings. The number of rotatable bonds is 9. The summed E-state index contributed by atoms with van der Waals surface area (Å²) >= 11 is 0. The van der Waals surface area contributed by atoms with Crippen molar-refractivity contribution in [3.63, 3.8) is 0 Å². The van der Waals surface area contributed by atoms with Crippen LogP contribution in [-0.2, 0) is 0 Å². The van der Waals surface area contributed by atoms with E-state index in [-0.39, 0.29) is 5.29 Å². The quantitative estimate of drug-likeness (QED) is 0.355. The lowest BCUT2D eigenvalue weighted by Gasteiger charge is -2.51. The molecule has 0 aliphatic carbocycles. The van der Waals surface area contributed by atoms with E-state index in [0.29, 0.717) is 0 Å². The van der Waals surface area contributed by atoms with Crippen molar-refractivity contribution in [1.29, 1.82) is 0 Å². The molecule has 0 bridgehead atoms. The van der Waals surface area contributed by atoms with Crippen LogP contribution < -0.4 is 0 Å². The van der Waals surface area contributed by atoms with E-state index in [1.807, 2.05) is 0 Å². The average molecular weight is 257 g/mol. The second-order valence-electron chi connectivity index (χ2n) is 4.86. The number of nitrogens with zero attached hydrogens (tertiary/aromatic N) is 2. The lowest BCUT2D eigenvalue weighted by Crippen LogP contribution is -2.66. The molecule has 0 radical (unpaired) electrons. The highest BCUT2D eigenvalue weighted by atomic mass is 28.3. The standard InChI is InChI=1S/C14H32N2Si/c1-8-13-17(7)14(6,15(9-2)10-3)16(11-4)12-5/h8,17H,1,9-13H2,2-7H3. The molecule has 0 aromatic heterocycles. The number of allylic oxidation sites excluding steroid dienone is 1. The molecule has 1 unspecified atom stereocenters. The van der Waals surface area contributed by atoms with Gasteiger partial charge in [-0.1, -0.05) is 40.3 Å². The molecule has 3 heteroatoms. The summed E-state index contributed by atoms with van der Waals surface area (Å²) in [5, 5.41) is 0.279. The summed E-state index contributed by atoms with van der Waals surface area (Å²) in [7, 11) is -0.885. The third kappa shape index (κ3) is 3.67. The van der Waals surface area contributed by atoms with Crippen LogP contribution in [0.15, 0.2) is 12.7 Å². The average Bonchev–Trinajstić information content (AvgIpc) is 2.32. The summed E-state index contributed by atoms with van der Waals surface area (Å²) < 4.78 is 0. The first kappa shape index (κ1) is 16.9. The van der Waals surface area contributed by atoms with Crippen LogP contribution in [0.4, 0.5) is 0 Å². The van der Waals surface area contributed by atoms with Crippen LogP contribution in [0.2, 0.25) is 12.6 Å². The predicted molar refractivity (Wildman–Crippen MR) is 82.3 cm³/mol. The zero-order chi connectivity index (χ0) is 13.5. The normalized spacial score (nSPS) is 14.4. The van der Waals surface area contributed by atoms with E-state index in [1.165, 1.54) is 6.04 Å². The summed E-state index contributed by atoms with van der Waals surface area (Å²) in [6.45, 7) is 22.5. The highest BCUT2D eigenvalue weighted by Crippen LogP contribution is 2.25. The number of hydrogen-bond donors (Lipinski definition) is 0. The Morgan fingerprint density at radius 1 is 1.00 bits per heavy atom. The molecule has 0 aliphatic rings. The van der Waals surface area contributed by atoms with Gasteiger partial charge in [-0.3, -0.25) is 9.80 Å². The van der Waals surface area contributed by atoms with E-state index < -0.39 is 8.80 Å². The third-order valence-corrected chi connectivity index (χ3v) is 7.90. The molecule has 0 amide bonds. The molecule has 0 N–H and O–H groups in total. The van der Waals surface area contributed by atoms with Crippen LogP contribution in [0, 0.1) is 0 Å². The van der Waals surface area contributed by atoms with E-state index >= 15 is 0 Å². The molecule has 0 aromatic carbocycles. The number of hydrogen-bond acceptors (Lipinski definition) is 2. The maximum Gasteiger partial charge on any atom is 0.0796 e. The topological polar surface area (TPSA) is 6.48 Å². The molecule has 0 heterocycles. The molecule has 1 atom stereocenters. The minimum absolute atomic E-state index is 0.279. The monoisotopic (exact) mass is 256 g/mol. The second-order valence-corrected chi connectivity index (χ2v) is 8.23. The molecule has 17 heavy (non-hydrogen) atoms. The van der Waals surface area contributed by atoms with Crippen LogP contribution in [-0.4, -0.2) is 50.1 Å². The van der Waals surface area contributed by atoms with Crippen LogP contribution in [0.5, 0.6) is 0 Å². The molecule has 0 saturated carbocycles. The van der Waals surface area contributed by atoms with Gasteiger partial charge in [-0.05, 0) is 39.1 Å². The van der Waals surface area contributed by atoms with Crippen LogP contribution >= 0.6 is 0 Å². The van der Waals surface area contributed by atoms with Crippen molar-refractivity contribution in [2.75, 3.05) is 26.2 Å². The van der Waals surface area contributed by atoms with Crippen molar-refractivity contribution < 1.29 is 0 Å². The molecular formula is C14H32N2Si. The Labute approximate surface area is 110 Å². The Bertz CT molecular complexity index is 198. The van der Waals surface area contributed by atoms with Gasteiger partial charge >= 0.3 is 0 Å². The van der Waals surface area contributed by atoms with Gasteiger partial charge in [0.2, 0.25) is 0 Å². The minimum Gasteiger partial charge on any atom is -0.289 e. The van der Waals surface area contributed by atoms with E-state index in [0.717, 1.165) is 26.2 Å². The smallest absolute Gasteiger partial charge is 0.0796 e. The van der Waals surface area contributed by atoms with Crippen molar-refractivity contribution in [1.82, 2.24) is 9.80 Å². The van der Waals surface area contributed by atoms with Crippen molar-refractivity contribution in [3.05, 3.63) is 12.7 Å². The van der Waals surface area contributed by atoms with E-state index in [4.69, 9.17) is 0 Å². The fraction of sp³-hybridized carbons (Fsp3) is 0.857. The second kappa shape index (κ2) is 8.06. The summed E-state index contributed by atoms with van der Waals surface area (Å²) in [4.78, 5) is 5.28. The van der Waals surface area contributed by atoms with Crippen LogP contribution in [0.1, 0.15) is 34.6 Å². The summed E-state index contributed by atoms with van der Waals surface area (Å²) in [6, 6.07) is 1.21. The van der Waals surface area contributed by atoms with Gasteiger partial charge in [0.05, 0.1) is 14.1 Å². The SMILES string of the molecule is C=CC[SiH](C)C(C)(N(CC)CC)N(CC)CC. The predicted octanol–water partition coefficient (Wildman–Crippen LogP) is 2.97. The van der Waals surface area contributed by atoms with Gasteiger partial charge in [-0.2, -0.15) is 0 Å². The van der Waals surface area contributed by atoms with Gasteiger partial charge < -0.3 is 0 Å². The first-order chi connectivity index (χ1) is 8.02. The summed E-state index contributed by atoms with van der Waals surface area (Å²) in [6.07, 6.45) is 2.11. The zero-order valence-corrected chi connectivity index (χ0v) is 13.9. The van der Waals surface area contributed by atoms with Gasteiger partial charge in [-0.15, -0.1) is 6.58 Å². The van der Waals surface area contributed by atoms with Gasteiger partial charge in [0.15, 0.2) is 0 Å². The fourth-order valence-electron chi connectivity index (χ4n) is 3.02. The summed E-state index contributed by atoms with van der Waals surface area (Å²) in [5.74, 6) is 0. The molecule has 102 valence electrons. The molecule has 0 spiro atoms. The largest absolute Gasteiger partial charge is 0.289 e. The van der Waals surface area contributed by atoms with Gasteiger partial charge in [0.25, 0.3) is 0 Å². The van der Waals surface area contributed by atoms with Gasteiger partial charge in [0.1, 0.15) is 0 Å². The lowest BCUT2D eigenvalue weighted by molar-refractivity contribution is 0.0269. The molecule has 0 aliphatic heterocycles. The van der Waals surface area contributed by atoms with E-state index in [1.54, 1.807) is 0 Å². The first-order valence-electron chi connectivity index (χ1n) is 7.13. The van der Waals surface area contributed by atoms with Gasteiger partial charge in [-0.25, -0.2) is 0 Å². The molecule has 0 rings (SSSR count). The van der Waals surface area contributed by atoms with Crippen LogP contribution in [0.3, 0.4) is 0 Å². The molecular weight excluding hydrogens is 224 g/mol. The first-order valence-corrected chi connectivity index (χ1v) is 9.68. The van der Waals surface area contributed by atoms with E-state index in [2.05, 4.69) is 63.6 Å². The Morgan fingerprint density at radius 3 is 1.59 bits per heavy atom. The Hall–Kier alpha value is -0.123. The highest BCUT2D eigenvalue weighted by Gasteiger charge is 2.39. The lowest BCUT2D eigenvalue weighted by atomic mass is 10.3. The van der Waals surface area contributed by atoms with Crippen LogP contribution in [0.25, 0.3) is 0 Å². The van der Waals surface area contributed by atoms with Crippen molar-refractivity contribution in [2.45, 2.75) is 52.5 Å². The molecule has 2 nitrogen and oxygen atoms in total. The summed E-state index contributed by atoms with van der Waals surface area (Å²) in [5.41, 5.74) is 0. The van der Waals surface area contributed by atoms with E-state index in [9.17, 15) is 0 Å². The fourth-order valence-corrected chi connectivity index (χ4v) is 5.95. The van der Waals surface area contributed by atoms with Crippen molar-refractivity contribution >= 4 is 8.80 Å². The minimum atomic E-state index is -0.885. The zero-order valence-electron chi connectivity index (χ0n) is 12.8. The van der Waals surface area contributed by atoms with Crippen molar-refractivity contribution in [3.8, 4) is 0 Å². The maximum atomic E-state index is 3.93. The maximum absolute atomic E-state index is 3.93. The Kier molecular flexibility index (Phi) is 8.00. The third-order valence-electron chi connectivity index (χ3n) is 4.26. The molecule has 0 aromatic rings. The Morgan fingerprint density at radius 2 is 1.35 bits per heavy atom.